The molecule has 0 saturated heterocycles. The Hall–Kier alpha value is -1.76. The van der Waals surface area contributed by atoms with E-state index >= 15 is 0 Å². The average molecular weight is 394 g/mol. The van der Waals surface area contributed by atoms with Crippen molar-refractivity contribution in [2.24, 2.45) is 0 Å². The number of rotatable bonds is 6. The van der Waals surface area contributed by atoms with Crippen LogP contribution in [0, 0.1) is 0 Å². The van der Waals surface area contributed by atoms with E-state index in [0.717, 1.165) is 35.7 Å². The van der Waals surface area contributed by atoms with Crippen molar-refractivity contribution >= 4 is 40.8 Å². The summed E-state index contributed by atoms with van der Waals surface area (Å²) in [7, 11) is 0. The number of aromatic nitrogens is 4. The molecule has 0 fully saturated rings. The third-order valence-corrected chi connectivity index (χ3v) is 5.17. The number of hydrogen-bond acceptors (Lipinski definition) is 5. The molecule has 0 bridgehead atoms. The predicted molar refractivity (Wildman–Crippen MR) is 103 cm³/mol. The number of halogens is 2. The smallest absolute Gasteiger partial charge is 0.195 e. The summed E-state index contributed by atoms with van der Waals surface area (Å²) in [5, 5.41) is 1.73. The zero-order chi connectivity index (χ0) is 18.0. The number of aryl methyl sites for hydroxylation is 1. The summed E-state index contributed by atoms with van der Waals surface area (Å²) < 4.78 is 1.97. The summed E-state index contributed by atoms with van der Waals surface area (Å²) in [5.41, 5.74) is 7.72. The number of allylic oxidation sites excluding steroid dienone is 1. The molecule has 1 aromatic carbocycles. The Morgan fingerprint density at radius 1 is 1.32 bits per heavy atom. The number of nitrogens with two attached hydrogens (primary N) is 1. The van der Waals surface area contributed by atoms with Crippen LogP contribution in [0.4, 0.5) is 5.82 Å². The Labute approximate surface area is 160 Å². The van der Waals surface area contributed by atoms with Crippen LogP contribution in [0.2, 0.25) is 10.0 Å². The van der Waals surface area contributed by atoms with E-state index in [4.69, 9.17) is 28.9 Å². The summed E-state index contributed by atoms with van der Waals surface area (Å²) in [6.45, 7) is 6.73. The fraction of sp³-hybridized carbons (Fsp3) is 0.235. The van der Waals surface area contributed by atoms with Crippen LogP contribution in [0.25, 0.3) is 11.5 Å². The van der Waals surface area contributed by atoms with Gasteiger partial charge >= 0.3 is 0 Å². The van der Waals surface area contributed by atoms with Crippen molar-refractivity contribution in [3.8, 4) is 11.5 Å². The van der Waals surface area contributed by atoms with Gasteiger partial charge in [0.05, 0.1) is 11.3 Å². The van der Waals surface area contributed by atoms with Crippen molar-refractivity contribution in [3.63, 3.8) is 0 Å². The third kappa shape index (κ3) is 4.26. The van der Waals surface area contributed by atoms with Crippen LogP contribution in [0.1, 0.15) is 19.8 Å². The van der Waals surface area contributed by atoms with E-state index in [1.807, 2.05) is 17.6 Å². The second-order valence-electron chi connectivity index (χ2n) is 5.74. The monoisotopic (exact) mass is 393 g/mol. The van der Waals surface area contributed by atoms with Gasteiger partial charge in [-0.25, -0.2) is 15.0 Å². The van der Waals surface area contributed by atoms with Crippen molar-refractivity contribution in [1.29, 1.82) is 0 Å². The van der Waals surface area contributed by atoms with E-state index in [1.165, 1.54) is 11.8 Å². The lowest BCUT2D eigenvalue weighted by atomic mass is 10.2. The Bertz CT molecular complexity index is 893. The maximum atomic E-state index is 6.23. The van der Waals surface area contributed by atoms with Crippen LogP contribution in [0.3, 0.4) is 0 Å². The van der Waals surface area contributed by atoms with Gasteiger partial charge in [0.1, 0.15) is 0 Å². The van der Waals surface area contributed by atoms with Crippen molar-refractivity contribution in [2.45, 2.75) is 36.4 Å². The van der Waals surface area contributed by atoms with Crippen LogP contribution in [-0.4, -0.2) is 19.5 Å². The average Bonchev–Trinajstić information content (AvgIpc) is 2.97. The summed E-state index contributed by atoms with van der Waals surface area (Å²) in [6, 6.07) is 5.33. The molecule has 2 aliphatic heterocycles. The largest absolute Gasteiger partial charge is 0.382 e. The molecule has 0 atom stereocenters. The molecular formula is C17H17Cl2N5S. The molecule has 2 N–H and O–H groups in total. The molecule has 0 amide bonds. The minimum Gasteiger partial charge on any atom is -0.382 e. The van der Waals surface area contributed by atoms with Crippen LogP contribution in [-0.2, 0) is 6.54 Å². The Morgan fingerprint density at radius 2 is 2.12 bits per heavy atom. The second-order valence-corrected chi connectivity index (χ2v) is 7.59. The van der Waals surface area contributed by atoms with Gasteiger partial charge in [0.25, 0.3) is 0 Å². The van der Waals surface area contributed by atoms with Crippen LogP contribution < -0.4 is 5.73 Å². The number of nitrogens with zero attached hydrogens (tertiary/aromatic N) is 4. The fourth-order valence-electron chi connectivity index (χ4n) is 2.35. The molecule has 3 rings (SSSR count). The van der Waals surface area contributed by atoms with Crippen molar-refractivity contribution in [2.75, 3.05) is 5.73 Å². The minimum atomic E-state index is 0.368. The van der Waals surface area contributed by atoms with Gasteiger partial charge in [-0.1, -0.05) is 28.8 Å². The molecular weight excluding hydrogens is 377 g/mol. The summed E-state index contributed by atoms with van der Waals surface area (Å²) in [4.78, 5) is 14.2. The molecule has 8 heteroatoms. The van der Waals surface area contributed by atoms with Gasteiger partial charge in [0.15, 0.2) is 22.5 Å². The lowest BCUT2D eigenvalue weighted by Gasteiger charge is -2.10. The third-order valence-electron chi connectivity index (χ3n) is 3.57. The summed E-state index contributed by atoms with van der Waals surface area (Å²) in [6.07, 6.45) is 3.61. The zero-order valence-electron chi connectivity index (χ0n) is 13.7. The first-order valence-electron chi connectivity index (χ1n) is 7.69. The summed E-state index contributed by atoms with van der Waals surface area (Å²) >= 11 is 13.5. The van der Waals surface area contributed by atoms with Gasteiger partial charge in [0.2, 0.25) is 0 Å². The molecule has 1 aromatic rings. The van der Waals surface area contributed by atoms with Crippen molar-refractivity contribution < 1.29 is 0 Å². The van der Waals surface area contributed by atoms with E-state index in [1.54, 1.807) is 18.5 Å². The van der Waals surface area contributed by atoms with Gasteiger partial charge in [0, 0.05) is 16.5 Å². The second kappa shape index (κ2) is 7.64. The van der Waals surface area contributed by atoms with Crippen LogP contribution >= 0.6 is 35.0 Å². The molecule has 5 nitrogen and oxygen atoms in total. The van der Waals surface area contributed by atoms with E-state index < -0.39 is 0 Å². The first kappa shape index (κ1) is 18.0. The molecule has 0 aromatic heterocycles. The molecule has 0 unspecified atom stereocenters. The lowest BCUT2D eigenvalue weighted by molar-refractivity contribution is 0.626. The highest BCUT2D eigenvalue weighted by molar-refractivity contribution is 7.99. The van der Waals surface area contributed by atoms with E-state index in [9.17, 15) is 0 Å². The van der Waals surface area contributed by atoms with Crippen LogP contribution in [0.15, 0.2) is 46.7 Å². The zero-order valence-corrected chi connectivity index (χ0v) is 16.0. The summed E-state index contributed by atoms with van der Waals surface area (Å²) in [5.74, 6) is 1.09. The lowest BCUT2D eigenvalue weighted by Crippen LogP contribution is -2.08. The predicted octanol–water partition coefficient (Wildman–Crippen LogP) is 5.17. The first-order chi connectivity index (χ1) is 11.9. The van der Waals surface area contributed by atoms with Gasteiger partial charge in [-0.15, -0.1) is 6.58 Å². The van der Waals surface area contributed by atoms with Gasteiger partial charge in [-0.05, 0) is 49.7 Å². The topological polar surface area (TPSA) is 69.6 Å². The van der Waals surface area contributed by atoms with Gasteiger partial charge < -0.3 is 10.3 Å². The molecule has 0 saturated carbocycles. The molecule has 2 aliphatic rings. The number of anilines is 1. The standard InChI is InChI=1S/C17H17Cl2N5S/c1-10(2)4-3-7-24-9-21-15(20)14-16(24)23-17(22-14)25-13-6-5-11(18)8-12(13)19/h5-6,8-9H,1,3-4,7,20H2,2H3. The number of benzene rings is 1. The van der Waals surface area contributed by atoms with Gasteiger partial charge in [-0.3, -0.25) is 0 Å². The van der Waals surface area contributed by atoms with E-state index in [0.29, 0.717) is 26.7 Å². The van der Waals surface area contributed by atoms with Gasteiger partial charge in [-0.2, -0.15) is 0 Å². The molecule has 130 valence electrons. The van der Waals surface area contributed by atoms with Crippen molar-refractivity contribution in [1.82, 2.24) is 19.5 Å². The molecule has 0 radical (unpaired) electrons. The Kier molecular flexibility index (Phi) is 5.51. The number of fused-ring (bicyclic) bond motifs is 1. The quantitative estimate of drug-likeness (QED) is 0.584. The molecule has 0 spiro atoms. The number of imidazole rings is 1. The van der Waals surface area contributed by atoms with E-state index in [2.05, 4.69) is 21.5 Å². The SMILES string of the molecule is C=C(C)CCCn1cnc(N)c2nc(Sc3ccc(Cl)cc3Cl)nc1-2. The first-order valence-corrected chi connectivity index (χ1v) is 9.27. The van der Waals surface area contributed by atoms with E-state index in [-0.39, 0.29) is 0 Å². The normalized spacial score (nSPS) is 11.2. The Morgan fingerprint density at radius 3 is 2.84 bits per heavy atom. The fourth-order valence-corrected chi connectivity index (χ4v) is 3.63. The Balaban J connectivity index is 1.88. The number of nitrogen functional groups attached to an aromatic ring is 1. The minimum absolute atomic E-state index is 0.368. The highest BCUT2D eigenvalue weighted by Crippen LogP contribution is 2.36. The number of hydrogen-bond donors (Lipinski definition) is 1. The molecule has 25 heavy (non-hydrogen) atoms. The maximum absolute atomic E-state index is 6.23. The highest BCUT2D eigenvalue weighted by Gasteiger charge is 2.19. The highest BCUT2D eigenvalue weighted by atomic mass is 35.5. The molecule has 0 aliphatic carbocycles. The molecule has 2 heterocycles. The maximum Gasteiger partial charge on any atom is 0.195 e. The van der Waals surface area contributed by atoms with Crippen molar-refractivity contribution in [3.05, 3.63) is 46.7 Å². The van der Waals surface area contributed by atoms with Crippen LogP contribution in [0.5, 0.6) is 0 Å².